The van der Waals surface area contributed by atoms with Gasteiger partial charge in [0.05, 0.1) is 11.3 Å². The molecule has 8 nitrogen and oxygen atoms in total. The Morgan fingerprint density at radius 3 is 2.38 bits per heavy atom. The van der Waals surface area contributed by atoms with Crippen LogP contribution in [0.3, 0.4) is 0 Å². The normalized spacial score (nSPS) is 14.1. The number of anilines is 1. The van der Waals surface area contributed by atoms with Crippen LogP contribution in [0.15, 0.2) is 85.1 Å². The number of aliphatic hydroxyl groups excluding tert-OH is 1. The molecule has 218 valence electrons. The number of fused-ring (bicyclic) bond motifs is 1. The lowest BCUT2D eigenvalue weighted by atomic mass is 10.0. The summed E-state index contributed by atoms with van der Waals surface area (Å²) in [5, 5.41) is 12.6. The number of piperidine rings is 1. The molecule has 2 aromatic carbocycles. The highest BCUT2D eigenvalue weighted by Crippen LogP contribution is 2.32. The molecule has 1 aliphatic rings. The van der Waals surface area contributed by atoms with Gasteiger partial charge in [0.15, 0.2) is 11.5 Å². The van der Waals surface area contributed by atoms with Crippen LogP contribution in [0.4, 0.5) is 5.82 Å². The van der Waals surface area contributed by atoms with E-state index in [2.05, 4.69) is 56.2 Å². The summed E-state index contributed by atoms with van der Waals surface area (Å²) >= 11 is 0. The van der Waals surface area contributed by atoms with Gasteiger partial charge in [-0.15, -0.1) is 0 Å². The number of aliphatic hydroxyl groups is 1. The molecular formula is C34H41N7O. The van der Waals surface area contributed by atoms with Crippen LogP contribution in [-0.4, -0.2) is 61.8 Å². The van der Waals surface area contributed by atoms with E-state index in [0.29, 0.717) is 11.9 Å². The van der Waals surface area contributed by atoms with Crippen molar-refractivity contribution in [2.45, 2.75) is 45.7 Å². The standard InChI is InChI=1S/C32H35N7O.C2H6/c33-30-27(8-4-17-35-30)31-37-29-14-13-28(24-6-2-1-3-7-24)36-32(29)39(31)26-11-9-23(10-12-26)22-38-19-15-25(16-20-38)34-18-5-21-40;1-2/h1-4,6-14,17,25,34,40H,5,15-16,18-22H2,(H2,33,35);1-2H3. The molecule has 0 bridgehead atoms. The molecule has 0 saturated carbocycles. The predicted molar refractivity (Wildman–Crippen MR) is 171 cm³/mol. The summed E-state index contributed by atoms with van der Waals surface area (Å²) in [6.07, 6.45) is 4.78. The van der Waals surface area contributed by atoms with Crippen molar-refractivity contribution in [2.24, 2.45) is 0 Å². The van der Waals surface area contributed by atoms with Crippen LogP contribution in [-0.2, 0) is 6.54 Å². The number of imidazole rings is 1. The Morgan fingerprint density at radius 2 is 1.67 bits per heavy atom. The van der Waals surface area contributed by atoms with Gasteiger partial charge in [0.1, 0.15) is 11.3 Å². The molecule has 0 spiro atoms. The molecule has 6 rings (SSSR count). The molecule has 0 unspecified atom stereocenters. The lowest BCUT2D eigenvalue weighted by Gasteiger charge is -2.32. The topological polar surface area (TPSA) is 105 Å². The number of hydrogen-bond donors (Lipinski definition) is 3. The van der Waals surface area contributed by atoms with E-state index in [-0.39, 0.29) is 6.61 Å². The van der Waals surface area contributed by atoms with Crippen LogP contribution in [0.1, 0.15) is 38.7 Å². The smallest absolute Gasteiger partial charge is 0.165 e. The molecular weight excluding hydrogens is 522 g/mol. The zero-order chi connectivity index (χ0) is 29.3. The Bertz CT molecular complexity index is 1560. The van der Waals surface area contributed by atoms with Crippen molar-refractivity contribution in [1.29, 1.82) is 0 Å². The molecule has 4 N–H and O–H groups in total. The molecule has 5 aromatic rings. The third kappa shape index (κ3) is 6.68. The number of aromatic nitrogens is 4. The number of nitrogens with two attached hydrogens (primary N) is 1. The summed E-state index contributed by atoms with van der Waals surface area (Å²) < 4.78 is 2.09. The number of nitrogen functional groups attached to an aromatic ring is 1. The molecule has 0 radical (unpaired) electrons. The third-order valence-corrected chi connectivity index (χ3v) is 7.61. The highest BCUT2D eigenvalue weighted by atomic mass is 16.3. The minimum Gasteiger partial charge on any atom is -0.396 e. The third-order valence-electron chi connectivity index (χ3n) is 7.61. The number of pyridine rings is 2. The minimum atomic E-state index is 0.248. The van der Waals surface area contributed by atoms with Crippen LogP contribution in [0, 0.1) is 0 Å². The molecule has 1 aliphatic heterocycles. The molecule has 4 heterocycles. The first-order chi connectivity index (χ1) is 20.7. The Morgan fingerprint density at radius 1 is 0.905 bits per heavy atom. The van der Waals surface area contributed by atoms with Crippen molar-refractivity contribution in [3.8, 4) is 28.3 Å². The minimum absolute atomic E-state index is 0.248. The van der Waals surface area contributed by atoms with E-state index in [1.54, 1.807) is 6.20 Å². The Labute approximate surface area is 248 Å². The molecule has 1 fully saturated rings. The lowest BCUT2D eigenvalue weighted by Crippen LogP contribution is -2.42. The average Bonchev–Trinajstić information content (AvgIpc) is 3.42. The van der Waals surface area contributed by atoms with Gasteiger partial charge in [0.2, 0.25) is 0 Å². The van der Waals surface area contributed by atoms with Crippen LogP contribution in [0.2, 0.25) is 0 Å². The zero-order valence-electron chi connectivity index (χ0n) is 24.6. The van der Waals surface area contributed by atoms with Crippen LogP contribution in [0.25, 0.3) is 39.5 Å². The largest absolute Gasteiger partial charge is 0.396 e. The molecule has 0 amide bonds. The summed E-state index contributed by atoms with van der Waals surface area (Å²) in [6.45, 7) is 8.20. The fourth-order valence-corrected chi connectivity index (χ4v) is 5.45. The molecule has 0 atom stereocenters. The van der Waals surface area contributed by atoms with E-state index in [0.717, 1.165) is 84.9 Å². The lowest BCUT2D eigenvalue weighted by molar-refractivity contribution is 0.188. The maximum atomic E-state index is 9.01. The van der Waals surface area contributed by atoms with Crippen LogP contribution in [0.5, 0.6) is 0 Å². The second kappa shape index (κ2) is 14.2. The number of hydrogen-bond acceptors (Lipinski definition) is 7. The van der Waals surface area contributed by atoms with Gasteiger partial charge >= 0.3 is 0 Å². The number of likely N-dealkylation sites (tertiary alicyclic amines) is 1. The van der Waals surface area contributed by atoms with Gasteiger partial charge in [-0.1, -0.05) is 56.3 Å². The quantitative estimate of drug-likeness (QED) is 0.198. The van der Waals surface area contributed by atoms with Gasteiger partial charge in [-0.05, 0) is 80.9 Å². The molecule has 1 saturated heterocycles. The van der Waals surface area contributed by atoms with Crippen molar-refractivity contribution in [2.75, 3.05) is 32.0 Å². The summed E-state index contributed by atoms with van der Waals surface area (Å²) in [7, 11) is 0. The van der Waals surface area contributed by atoms with Gasteiger partial charge < -0.3 is 16.2 Å². The van der Waals surface area contributed by atoms with Crippen LogP contribution < -0.4 is 11.1 Å². The van der Waals surface area contributed by atoms with Crippen molar-refractivity contribution >= 4 is 17.0 Å². The Kier molecular flexibility index (Phi) is 9.92. The Balaban J connectivity index is 0.00000173. The molecule has 8 heteroatoms. The number of benzene rings is 2. The Hall–Kier alpha value is -4.11. The van der Waals surface area contributed by atoms with Gasteiger partial charge in [0, 0.05) is 36.6 Å². The highest BCUT2D eigenvalue weighted by Gasteiger charge is 2.20. The summed E-state index contributed by atoms with van der Waals surface area (Å²) in [4.78, 5) is 16.8. The second-order valence-corrected chi connectivity index (χ2v) is 10.4. The molecule has 0 aliphatic carbocycles. The number of nitrogens with zero attached hydrogens (tertiary/aromatic N) is 5. The van der Waals surface area contributed by atoms with Gasteiger partial charge in [-0.2, -0.15) is 0 Å². The van der Waals surface area contributed by atoms with E-state index in [4.69, 9.17) is 20.8 Å². The maximum absolute atomic E-state index is 9.01. The summed E-state index contributed by atoms with van der Waals surface area (Å²) in [5.74, 6) is 1.16. The number of rotatable bonds is 9. The van der Waals surface area contributed by atoms with Crippen molar-refractivity contribution in [1.82, 2.24) is 29.7 Å². The first kappa shape index (κ1) is 29.4. The molecule has 3 aromatic heterocycles. The fourth-order valence-electron chi connectivity index (χ4n) is 5.45. The van der Waals surface area contributed by atoms with Crippen LogP contribution >= 0.6 is 0 Å². The summed E-state index contributed by atoms with van der Waals surface area (Å²) in [5.41, 5.74) is 12.9. The predicted octanol–water partition coefficient (Wildman–Crippen LogP) is 5.69. The van der Waals surface area contributed by atoms with Crippen molar-refractivity contribution < 1.29 is 5.11 Å². The second-order valence-electron chi connectivity index (χ2n) is 10.4. The molecule has 42 heavy (non-hydrogen) atoms. The van der Waals surface area contributed by atoms with E-state index in [9.17, 15) is 0 Å². The van der Waals surface area contributed by atoms with E-state index in [1.807, 2.05) is 56.3 Å². The highest BCUT2D eigenvalue weighted by molar-refractivity contribution is 5.84. The maximum Gasteiger partial charge on any atom is 0.165 e. The van der Waals surface area contributed by atoms with Crippen molar-refractivity contribution in [3.05, 3.63) is 90.6 Å². The van der Waals surface area contributed by atoms with Gasteiger partial charge in [0.25, 0.3) is 0 Å². The van der Waals surface area contributed by atoms with Gasteiger partial charge in [-0.25, -0.2) is 15.0 Å². The first-order valence-electron chi connectivity index (χ1n) is 15.0. The summed E-state index contributed by atoms with van der Waals surface area (Å²) in [6, 6.07) is 27.3. The van der Waals surface area contributed by atoms with E-state index < -0.39 is 0 Å². The average molecular weight is 564 g/mol. The SMILES string of the molecule is CC.Nc1ncccc1-c1nc2ccc(-c3ccccc3)nc2n1-c1ccc(CN2CCC(NCCCO)CC2)cc1. The van der Waals surface area contributed by atoms with Crippen molar-refractivity contribution in [3.63, 3.8) is 0 Å². The van der Waals surface area contributed by atoms with E-state index >= 15 is 0 Å². The fraction of sp³-hybridized carbons (Fsp3) is 0.324. The zero-order valence-corrected chi connectivity index (χ0v) is 24.6. The first-order valence-corrected chi connectivity index (χ1v) is 15.0. The number of nitrogens with one attached hydrogen (secondary N) is 1. The van der Waals surface area contributed by atoms with E-state index in [1.165, 1.54) is 5.56 Å². The van der Waals surface area contributed by atoms with Gasteiger partial charge in [-0.3, -0.25) is 9.47 Å². The monoisotopic (exact) mass is 563 g/mol.